The molecule has 4 aromatic carbocycles. The normalized spacial score (nSPS) is 11.7. The molecule has 4 rings (SSSR count). The van der Waals surface area contributed by atoms with Crippen LogP contribution in [0.25, 0.3) is 10.8 Å². The molecule has 12 heteroatoms. The lowest BCUT2D eigenvalue weighted by Gasteiger charge is -2.13. The summed E-state index contributed by atoms with van der Waals surface area (Å²) < 4.78 is 38.8. The smallest absolute Gasteiger partial charge is 0.297 e. The number of aryl methyl sites for hydroxylation is 1. The summed E-state index contributed by atoms with van der Waals surface area (Å²) in [4.78, 5) is 12.7. The van der Waals surface area contributed by atoms with Gasteiger partial charge in [-0.2, -0.15) is 8.42 Å². The van der Waals surface area contributed by atoms with Crippen molar-refractivity contribution in [2.75, 3.05) is 12.4 Å². The first-order valence-electron chi connectivity index (χ1n) is 10.6. The van der Waals surface area contributed by atoms with E-state index in [1.807, 2.05) is 0 Å². The van der Waals surface area contributed by atoms with Crippen molar-refractivity contribution in [1.29, 1.82) is 0 Å². The third kappa shape index (κ3) is 5.37. The second-order valence-corrected chi connectivity index (χ2v) is 10.0. The van der Waals surface area contributed by atoms with Crippen molar-refractivity contribution < 1.29 is 27.6 Å². The van der Waals surface area contributed by atoms with Crippen LogP contribution in [-0.4, -0.2) is 31.1 Å². The van der Waals surface area contributed by atoms with E-state index in [1.54, 1.807) is 42.5 Å². The van der Waals surface area contributed by atoms with E-state index in [-0.39, 0.29) is 38.2 Å². The first-order chi connectivity index (χ1) is 17.5. The second-order valence-electron chi connectivity index (χ2n) is 7.86. The maximum atomic E-state index is 13.2. The summed E-state index contributed by atoms with van der Waals surface area (Å²) in [6.07, 6.45) is 0. The molecule has 0 aliphatic rings. The molecular weight excluding hydrogens is 541 g/mol. The van der Waals surface area contributed by atoms with Crippen LogP contribution in [0.1, 0.15) is 15.9 Å². The number of benzene rings is 4. The topological polar surface area (TPSA) is 138 Å². The number of halogens is 2. The van der Waals surface area contributed by atoms with Gasteiger partial charge in [-0.1, -0.05) is 53.5 Å². The van der Waals surface area contributed by atoms with Gasteiger partial charge >= 0.3 is 0 Å². The van der Waals surface area contributed by atoms with Crippen LogP contribution in [-0.2, 0) is 10.1 Å². The van der Waals surface area contributed by atoms with Crippen LogP contribution in [0.2, 0.25) is 10.0 Å². The van der Waals surface area contributed by atoms with Crippen molar-refractivity contribution in [2.45, 2.75) is 11.8 Å². The summed E-state index contributed by atoms with van der Waals surface area (Å²) in [5, 5.41) is 23.1. The summed E-state index contributed by atoms with van der Waals surface area (Å²) in [5.41, 5.74) is -0.0630. The fourth-order valence-electron chi connectivity index (χ4n) is 3.77. The van der Waals surface area contributed by atoms with Gasteiger partial charge in [-0.3, -0.25) is 9.35 Å². The number of phenolic OH excluding ortho intramolecular Hbond substituents is 1. The van der Waals surface area contributed by atoms with E-state index in [2.05, 4.69) is 15.5 Å². The van der Waals surface area contributed by atoms with E-state index in [0.717, 1.165) is 0 Å². The molecule has 0 fully saturated rings. The van der Waals surface area contributed by atoms with Crippen LogP contribution in [0.5, 0.6) is 11.5 Å². The van der Waals surface area contributed by atoms with Gasteiger partial charge in [-0.05, 0) is 48.2 Å². The highest BCUT2D eigenvalue weighted by molar-refractivity contribution is 7.86. The lowest BCUT2D eigenvalue weighted by atomic mass is 10.0. The zero-order valence-electron chi connectivity index (χ0n) is 19.4. The Bertz CT molecular complexity index is 1690. The minimum atomic E-state index is -4.67. The van der Waals surface area contributed by atoms with Crippen LogP contribution in [0.3, 0.4) is 0 Å². The highest BCUT2D eigenvalue weighted by atomic mass is 35.5. The number of carbonyl (C=O) groups is 1. The molecule has 0 saturated carbocycles. The lowest BCUT2D eigenvalue weighted by Crippen LogP contribution is -2.12. The minimum absolute atomic E-state index is 0.0982. The summed E-state index contributed by atoms with van der Waals surface area (Å²) in [5.74, 6) is -0.846. The van der Waals surface area contributed by atoms with Gasteiger partial charge in [0.1, 0.15) is 27.0 Å². The van der Waals surface area contributed by atoms with Gasteiger partial charge in [0, 0.05) is 10.4 Å². The zero-order chi connectivity index (χ0) is 26.9. The molecule has 0 heterocycles. The van der Waals surface area contributed by atoms with E-state index >= 15 is 0 Å². The van der Waals surface area contributed by atoms with E-state index < -0.39 is 26.7 Å². The minimum Gasteiger partial charge on any atom is -0.505 e. The van der Waals surface area contributed by atoms with Gasteiger partial charge in [0.2, 0.25) is 0 Å². The number of ether oxygens (including phenoxy) is 1. The van der Waals surface area contributed by atoms with Gasteiger partial charge in [0.05, 0.1) is 18.4 Å². The molecule has 0 saturated heterocycles. The standard InChI is InChI=1S/C25H19Cl2N3O6S/c1-13-10-15(26)12-19(24(13)37(33,34)35)29-30-22-16-7-4-3-6-14(16)11-17(23(22)31)25(32)28-18-8-5-9-20(36-2)21(18)27/h3-12,31H,1-2H3,(H,28,32)(H,33,34,35). The predicted molar refractivity (Wildman–Crippen MR) is 142 cm³/mol. The summed E-state index contributed by atoms with van der Waals surface area (Å²) in [6, 6.07) is 15.7. The van der Waals surface area contributed by atoms with Crippen molar-refractivity contribution >= 4 is 67.1 Å². The number of nitrogens with one attached hydrogen (secondary N) is 1. The zero-order valence-corrected chi connectivity index (χ0v) is 21.7. The molecule has 0 aliphatic heterocycles. The average Bonchev–Trinajstić information content (AvgIpc) is 2.83. The third-order valence-electron chi connectivity index (χ3n) is 5.41. The van der Waals surface area contributed by atoms with Gasteiger partial charge in [-0.15, -0.1) is 10.2 Å². The van der Waals surface area contributed by atoms with Crippen molar-refractivity contribution in [3.05, 3.63) is 81.8 Å². The Balaban J connectivity index is 1.85. The molecule has 0 atom stereocenters. The number of nitrogens with zero attached hydrogens (tertiary/aromatic N) is 2. The quantitative estimate of drug-likeness (QED) is 0.170. The molecule has 1 amide bonds. The molecule has 0 radical (unpaired) electrons. The van der Waals surface area contributed by atoms with Crippen LogP contribution < -0.4 is 10.1 Å². The van der Waals surface area contributed by atoms with Gasteiger partial charge in [0.25, 0.3) is 16.0 Å². The van der Waals surface area contributed by atoms with E-state index in [0.29, 0.717) is 16.5 Å². The average molecular weight is 560 g/mol. The first kappa shape index (κ1) is 26.4. The molecular formula is C25H19Cl2N3O6S. The Kier molecular flexibility index (Phi) is 7.37. The molecule has 0 spiro atoms. The lowest BCUT2D eigenvalue weighted by molar-refractivity contribution is 0.102. The fraction of sp³-hybridized carbons (Fsp3) is 0.0800. The van der Waals surface area contributed by atoms with Crippen LogP contribution in [0.15, 0.2) is 75.8 Å². The van der Waals surface area contributed by atoms with Crippen molar-refractivity contribution in [3.63, 3.8) is 0 Å². The molecule has 37 heavy (non-hydrogen) atoms. The molecule has 3 N–H and O–H groups in total. The number of azo groups is 1. The number of phenols is 1. The highest BCUT2D eigenvalue weighted by Crippen LogP contribution is 2.41. The number of hydrogen-bond acceptors (Lipinski definition) is 7. The number of anilines is 1. The van der Waals surface area contributed by atoms with Crippen molar-refractivity contribution in [1.82, 2.24) is 0 Å². The third-order valence-corrected chi connectivity index (χ3v) is 7.06. The molecule has 0 aromatic heterocycles. The maximum absolute atomic E-state index is 13.2. The Morgan fingerprint density at radius 2 is 1.76 bits per heavy atom. The van der Waals surface area contributed by atoms with Crippen LogP contribution in [0.4, 0.5) is 17.1 Å². The van der Waals surface area contributed by atoms with Gasteiger partial charge in [0.15, 0.2) is 5.75 Å². The number of carbonyl (C=O) groups excluding carboxylic acids is 1. The Morgan fingerprint density at radius 3 is 2.46 bits per heavy atom. The van der Waals surface area contributed by atoms with E-state index in [4.69, 9.17) is 27.9 Å². The number of amides is 1. The molecule has 4 aromatic rings. The summed E-state index contributed by atoms with van der Waals surface area (Å²) in [7, 11) is -3.23. The van der Waals surface area contributed by atoms with Gasteiger partial charge in [-0.25, -0.2) is 0 Å². The monoisotopic (exact) mass is 559 g/mol. The largest absolute Gasteiger partial charge is 0.505 e. The Morgan fingerprint density at radius 1 is 1.03 bits per heavy atom. The molecule has 9 nitrogen and oxygen atoms in total. The maximum Gasteiger partial charge on any atom is 0.297 e. The van der Waals surface area contributed by atoms with Crippen molar-refractivity contribution in [3.8, 4) is 11.5 Å². The van der Waals surface area contributed by atoms with Crippen LogP contribution in [0, 0.1) is 6.92 Å². The Labute approximate surface area is 222 Å². The molecule has 190 valence electrons. The predicted octanol–water partition coefficient (Wildman–Crippen LogP) is 7.08. The second kappa shape index (κ2) is 10.3. The Hall–Kier alpha value is -3.70. The first-order valence-corrected chi connectivity index (χ1v) is 12.8. The molecule has 0 aliphatic carbocycles. The summed E-state index contributed by atoms with van der Waals surface area (Å²) in [6.45, 7) is 1.44. The van der Waals surface area contributed by atoms with Crippen LogP contribution >= 0.6 is 23.2 Å². The summed E-state index contributed by atoms with van der Waals surface area (Å²) >= 11 is 12.3. The van der Waals surface area contributed by atoms with E-state index in [9.17, 15) is 22.9 Å². The van der Waals surface area contributed by atoms with E-state index in [1.165, 1.54) is 32.2 Å². The number of aromatic hydroxyl groups is 1. The molecule has 0 unspecified atom stereocenters. The number of methoxy groups -OCH3 is 1. The number of hydrogen-bond donors (Lipinski definition) is 3. The van der Waals surface area contributed by atoms with Gasteiger partial charge < -0.3 is 15.2 Å². The van der Waals surface area contributed by atoms with Crippen molar-refractivity contribution in [2.24, 2.45) is 10.2 Å². The fourth-order valence-corrected chi connectivity index (χ4v) is 5.12. The highest BCUT2D eigenvalue weighted by Gasteiger charge is 2.22. The number of rotatable bonds is 6. The number of fused-ring (bicyclic) bond motifs is 1. The SMILES string of the molecule is COc1cccc(NC(=O)c2cc3ccccc3c(N=Nc3cc(Cl)cc(C)c3S(=O)(=O)O)c2O)c1Cl. The molecule has 0 bridgehead atoms.